The largest absolute Gasteiger partial charge is 0.352 e. The molecule has 7 heteroatoms. The first-order valence-electron chi connectivity index (χ1n) is 8.56. The van der Waals surface area contributed by atoms with E-state index in [1.54, 1.807) is 12.1 Å². The van der Waals surface area contributed by atoms with Gasteiger partial charge >= 0.3 is 0 Å². The van der Waals surface area contributed by atoms with Crippen LogP contribution in [0.4, 0.5) is 0 Å². The van der Waals surface area contributed by atoms with Crippen molar-refractivity contribution in [3.8, 4) is 11.4 Å². The summed E-state index contributed by atoms with van der Waals surface area (Å²) in [5, 5.41) is 7.60. The molecule has 0 saturated heterocycles. The normalized spacial score (nSPS) is 12.4. The third-order valence-corrected chi connectivity index (χ3v) is 4.02. The highest BCUT2D eigenvalue weighted by Crippen LogP contribution is 2.19. The van der Waals surface area contributed by atoms with Crippen molar-refractivity contribution in [2.75, 3.05) is 6.54 Å². The number of hydrogen-bond donors (Lipinski definition) is 2. The highest BCUT2D eigenvalue weighted by Gasteiger charge is 2.13. The topological polar surface area (TPSA) is 94.0 Å². The van der Waals surface area contributed by atoms with Gasteiger partial charge in [-0.3, -0.25) is 4.79 Å². The van der Waals surface area contributed by atoms with Crippen LogP contribution in [0.1, 0.15) is 39.0 Å². The summed E-state index contributed by atoms with van der Waals surface area (Å²) in [6.07, 6.45) is 2.50. The van der Waals surface area contributed by atoms with Crippen LogP contribution >= 0.6 is 11.6 Å². The molecular weight excluding hydrogens is 340 g/mol. The van der Waals surface area contributed by atoms with Gasteiger partial charge in [-0.15, -0.1) is 0 Å². The molecule has 1 amide bonds. The van der Waals surface area contributed by atoms with Gasteiger partial charge in [0.25, 0.3) is 0 Å². The Morgan fingerprint density at radius 3 is 2.68 bits per heavy atom. The third kappa shape index (κ3) is 6.48. The Morgan fingerprint density at radius 2 is 2.04 bits per heavy atom. The molecule has 136 valence electrons. The SMILES string of the molecule is CC(C)CC(CN)NC(=O)CCCc1nc(-c2ccc(Cl)cc2)no1. The number of aromatic nitrogens is 2. The predicted octanol–water partition coefficient (Wildman–Crippen LogP) is 3.20. The molecule has 0 saturated carbocycles. The Kier molecular flexibility index (Phi) is 7.40. The first kappa shape index (κ1) is 19.4. The van der Waals surface area contributed by atoms with Gasteiger partial charge < -0.3 is 15.6 Å². The quantitative estimate of drug-likeness (QED) is 0.712. The number of halogens is 1. The molecule has 0 bridgehead atoms. The zero-order valence-electron chi connectivity index (χ0n) is 14.7. The summed E-state index contributed by atoms with van der Waals surface area (Å²) in [6, 6.07) is 7.27. The smallest absolute Gasteiger partial charge is 0.226 e. The van der Waals surface area contributed by atoms with Crippen LogP contribution in [0.2, 0.25) is 5.02 Å². The Bertz CT molecular complexity index is 670. The molecule has 2 rings (SSSR count). The van der Waals surface area contributed by atoms with Crippen LogP contribution in [-0.4, -0.2) is 28.6 Å². The van der Waals surface area contributed by atoms with Gasteiger partial charge in [-0.1, -0.05) is 30.6 Å². The predicted molar refractivity (Wildman–Crippen MR) is 98.1 cm³/mol. The fraction of sp³-hybridized carbons (Fsp3) is 0.500. The van der Waals surface area contributed by atoms with E-state index >= 15 is 0 Å². The van der Waals surface area contributed by atoms with Gasteiger partial charge in [0.15, 0.2) is 0 Å². The Hall–Kier alpha value is -1.92. The molecule has 0 fully saturated rings. The van der Waals surface area contributed by atoms with Gasteiger partial charge in [0, 0.05) is 36.0 Å². The van der Waals surface area contributed by atoms with Crippen molar-refractivity contribution >= 4 is 17.5 Å². The van der Waals surface area contributed by atoms with Gasteiger partial charge in [-0.2, -0.15) is 4.98 Å². The number of nitrogens with zero attached hydrogens (tertiary/aromatic N) is 2. The molecule has 0 spiro atoms. The first-order chi connectivity index (χ1) is 12.0. The lowest BCUT2D eigenvalue weighted by Crippen LogP contribution is -2.40. The molecule has 0 aliphatic heterocycles. The zero-order chi connectivity index (χ0) is 18.2. The molecule has 0 radical (unpaired) electrons. The molecule has 0 aliphatic carbocycles. The monoisotopic (exact) mass is 364 g/mol. The molecule has 3 N–H and O–H groups in total. The summed E-state index contributed by atoms with van der Waals surface area (Å²) < 4.78 is 5.24. The Morgan fingerprint density at radius 1 is 1.32 bits per heavy atom. The molecule has 2 aromatic rings. The number of carbonyl (C=O) groups excluding carboxylic acids is 1. The number of aryl methyl sites for hydroxylation is 1. The van der Waals surface area contributed by atoms with Crippen molar-refractivity contribution in [3.05, 3.63) is 35.2 Å². The van der Waals surface area contributed by atoms with E-state index in [-0.39, 0.29) is 11.9 Å². The lowest BCUT2D eigenvalue weighted by molar-refractivity contribution is -0.121. The van der Waals surface area contributed by atoms with E-state index in [0.29, 0.717) is 48.5 Å². The summed E-state index contributed by atoms with van der Waals surface area (Å²) >= 11 is 5.87. The molecule has 1 aromatic carbocycles. The second-order valence-electron chi connectivity index (χ2n) is 6.50. The van der Waals surface area contributed by atoms with Crippen molar-refractivity contribution in [1.82, 2.24) is 15.5 Å². The Labute approximate surface area is 153 Å². The standard InChI is InChI=1S/C18H25ClN4O2/c1-12(2)10-15(11-20)21-16(24)4-3-5-17-22-18(23-25-17)13-6-8-14(19)9-7-13/h6-9,12,15H,3-5,10-11,20H2,1-2H3,(H,21,24). The number of nitrogens with two attached hydrogens (primary N) is 1. The molecule has 6 nitrogen and oxygen atoms in total. The molecule has 25 heavy (non-hydrogen) atoms. The number of nitrogens with one attached hydrogen (secondary N) is 1. The first-order valence-corrected chi connectivity index (χ1v) is 8.93. The number of carbonyl (C=O) groups is 1. The van der Waals surface area contributed by atoms with Crippen LogP contribution in [0.25, 0.3) is 11.4 Å². The van der Waals surface area contributed by atoms with Crippen LogP contribution in [0, 0.1) is 5.92 Å². The van der Waals surface area contributed by atoms with Crippen molar-refractivity contribution in [1.29, 1.82) is 0 Å². The maximum absolute atomic E-state index is 12.0. The fourth-order valence-electron chi connectivity index (χ4n) is 2.56. The number of amides is 1. The van der Waals surface area contributed by atoms with Crippen molar-refractivity contribution < 1.29 is 9.32 Å². The van der Waals surface area contributed by atoms with Crippen molar-refractivity contribution in [3.63, 3.8) is 0 Å². The van der Waals surface area contributed by atoms with E-state index < -0.39 is 0 Å². The lowest BCUT2D eigenvalue weighted by atomic mass is 10.0. The van der Waals surface area contributed by atoms with Crippen LogP contribution in [0.15, 0.2) is 28.8 Å². The second-order valence-corrected chi connectivity index (χ2v) is 6.94. The van der Waals surface area contributed by atoms with E-state index in [9.17, 15) is 4.79 Å². The van der Waals surface area contributed by atoms with Crippen molar-refractivity contribution in [2.24, 2.45) is 11.7 Å². The van der Waals surface area contributed by atoms with Gasteiger partial charge in [-0.25, -0.2) is 0 Å². The lowest BCUT2D eigenvalue weighted by Gasteiger charge is -2.18. The van der Waals surface area contributed by atoms with Gasteiger partial charge in [0.05, 0.1) is 0 Å². The van der Waals surface area contributed by atoms with E-state index in [1.165, 1.54) is 0 Å². The summed E-state index contributed by atoms with van der Waals surface area (Å²) in [5.74, 6) is 1.55. The highest BCUT2D eigenvalue weighted by molar-refractivity contribution is 6.30. The van der Waals surface area contributed by atoms with Crippen LogP contribution < -0.4 is 11.1 Å². The number of hydrogen-bond acceptors (Lipinski definition) is 5. The molecule has 1 heterocycles. The maximum Gasteiger partial charge on any atom is 0.226 e. The number of benzene rings is 1. The van der Waals surface area contributed by atoms with Crippen LogP contribution in [0.5, 0.6) is 0 Å². The van der Waals surface area contributed by atoms with Crippen LogP contribution in [-0.2, 0) is 11.2 Å². The number of rotatable bonds is 9. The minimum Gasteiger partial charge on any atom is -0.352 e. The summed E-state index contributed by atoms with van der Waals surface area (Å²) in [7, 11) is 0. The van der Waals surface area contributed by atoms with E-state index in [4.69, 9.17) is 21.9 Å². The third-order valence-electron chi connectivity index (χ3n) is 3.77. The molecular formula is C18H25ClN4O2. The molecule has 1 unspecified atom stereocenters. The summed E-state index contributed by atoms with van der Waals surface area (Å²) in [6.45, 7) is 4.68. The minimum absolute atomic E-state index is 0.00791. The molecule has 1 aromatic heterocycles. The maximum atomic E-state index is 12.0. The second kappa shape index (κ2) is 9.53. The summed E-state index contributed by atoms with van der Waals surface area (Å²) in [4.78, 5) is 16.3. The fourth-order valence-corrected chi connectivity index (χ4v) is 2.68. The molecule has 1 atom stereocenters. The summed E-state index contributed by atoms with van der Waals surface area (Å²) in [5.41, 5.74) is 6.54. The zero-order valence-corrected chi connectivity index (χ0v) is 15.4. The average Bonchev–Trinajstić information content (AvgIpc) is 3.03. The Balaban J connectivity index is 1.78. The molecule has 0 aliphatic rings. The van der Waals surface area contributed by atoms with E-state index in [0.717, 1.165) is 12.0 Å². The van der Waals surface area contributed by atoms with E-state index in [1.807, 2.05) is 12.1 Å². The van der Waals surface area contributed by atoms with Gasteiger partial charge in [0.1, 0.15) is 0 Å². The average molecular weight is 365 g/mol. The van der Waals surface area contributed by atoms with E-state index in [2.05, 4.69) is 29.3 Å². The highest BCUT2D eigenvalue weighted by atomic mass is 35.5. The van der Waals surface area contributed by atoms with Crippen molar-refractivity contribution in [2.45, 2.75) is 45.6 Å². The van der Waals surface area contributed by atoms with Gasteiger partial charge in [0.2, 0.25) is 17.6 Å². The van der Waals surface area contributed by atoms with Crippen LogP contribution in [0.3, 0.4) is 0 Å². The van der Waals surface area contributed by atoms with Gasteiger partial charge in [-0.05, 0) is 43.0 Å². The minimum atomic E-state index is 0.00791.